The molecule has 0 saturated carbocycles. The highest BCUT2D eigenvalue weighted by Gasteiger charge is 2.37. The van der Waals surface area contributed by atoms with E-state index in [9.17, 15) is 23.6 Å². The summed E-state index contributed by atoms with van der Waals surface area (Å²) in [7, 11) is 0. The number of carbonyl (C=O) groups is 4. The second-order valence-electron chi connectivity index (χ2n) is 9.36. The fourth-order valence-electron chi connectivity index (χ4n) is 4.35. The lowest BCUT2D eigenvalue weighted by Gasteiger charge is -2.16. The number of alkyl halides is 1. The number of carbonyl (C=O) groups excluding carboxylic acids is 4. The molecule has 1 atom stereocenters. The van der Waals surface area contributed by atoms with Gasteiger partial charge in [0, 0.05) is 27.7 Å². The topological polar surface area (TPSA) is 80.8 Å². The van der Waals surface area contributed by atoms with Crippen LogP contribution in [-0.2, 0) is 4.74 Å². The monoisotopic (exact) mass is 587 g/mol. The van der Waals surface area contributed by atoms with Crippen LogP contribution in [0.4, 0.5) is 10.1 Å². The van der Waals surface area contributed by atoms with Gasteiger partial charge < -0.3 is 4.74 Å². The highest BCUT2D eigenvalue weighted by Crippen LogP contribution is 2.33. The Bertz CT molecular complexity index is 1640. The summed E-state index contributed by atoms with van der Waals surface area (Å²) >= 11 is 7.39. The molecular formula is C32H23ClFNO5S. The van der Waals surface area contributed by atoms with Crippen molar-refractivity contribution >= 4 is 52.6 Å². The van der Waals surface area contributed by atoms with Gasteiger partial charge in [-0.3, -0.25) is 14.4 Å². The van der Waals surface area contributed by atoms with Crippen LogP contribution in [-0.4, -0.2) is 35.6 Å². The predicted molar refractivity (Wildman–Crippen MR) is 155 cm³/mol. The standard InChI is InChI=1S/C32H23ClFNO5S/c1-19-2-11-24(12-3-19)41-25-13-9-23(10-14-25)35-30(37)26-15-6-21(18-27(26)31(35)38)32(39)40-28(16-17-33)29(36)20-4-7-22(34)8-5-20/h2-15,18,28H,16-17H2,1H3. The van der Waals surface area contributed by atoms with E-state index in [0.29, 0.717) is 5.69 Å². The van der Waals surface area contributed by atoms with Gasteiger partial charge in [-0.1, -0.05) is 29.5 Å². The number of anilines is 1. The molecule has 0 aromatic heterocycles. The Balaban J connectivity index is 1.31. The molecule has 1 aliphatic rings. The molecule has 0 radical (unpaired) electrons. The molecule has 1 heterocycles. The maximum Gasteiger partial charge on any atom is 0.338 e. The zero-order chi connectivity index (χ0) is 29.1. The van der Waals surface area contributed by atoms with Crippen molar-refractivity contribution in [3.63, 3.8) is 0 Å². The number of hydrogen-bond acceptors (Lipinski definition) is 6. The maximum absolute atomic E-state index is 13.3. The van der Waals surface area contributed by atoms with Gasteiger partial charge in [-0.05, 0) is 85.8 Å². The van der Waals surface area contributed by atoms with Crippen LogP contribution < -0.4 is 4.90 Å². The van der Waals surface area contributed by atoms with E-state index < -0.39 is 35.5 Å². The predicted octanol–water partition coefficient (Wildman–Crippen LogP) is 7.12. The number of fused-ring (bicyclic) bond motifs is 1. The first kappa shape index (κ1) is 28.3. The van der Waals surface area contributed by atoms with E-state index in [2.05, 4.69) is 0 Å². The van der Waals surface area contributed by atoms with Gasteiger partial charge in [-0.2, -0.15) is 0 Å². The van der Waals surface area contributed by atoms with Gasteiger partial charge in [0.05, 0.1) is 22.4 Å². The summed E-state index contributed by atoms with van der Waals surface area (Å²) in [4.78, 5) is 55.3. The lowest BCUT2D eigenvalue weighted by molar-refractivity contribution is 0.0278. The molecule has 1 aliphatic heterocycles. The minimum Gasteiger partial charge on any atom is -0.450 e. The average Bonchev–Trinajstić information content (AvgIpc) is 3.23. The van der Waals surface area contributed by atoms with E-state index >= 15 is 0 Å². The number of imide groups is 1. The molecule has 0 fully saturated rings. The van der Waals surface area contributed by atoms with Crippen molar-refractivity contribution < 1.29 is 28.3 Å². The molecule has 206 valence electrons. The van der Waals surface area contributed by atoms with E-state index in [0.717, 1.165) is 26.8 Å². The van der Waals surface area contributed by atoms with Crippen LogP contribution >= 0.6 is 23.4 Å². The van der Waals surface area contributed by atoms with Crippen LogP contribution in [0.5, 0.6) is 0 Å². The molecular weight excluding hydrogens is 565 g/mol. The third-order valence-corrected chi connectivity index (χ3v) is 7.75. The van der Waals surface area contributed by atoms with Crippen molar-refractivity contribution in [2.24, 2.45) is 0 Å². The summed E-state index contributed by atoms with van der Waals surface area (Å²) in [6, 6.07) is 24.1. The highest BCUT2D eigenvalue weighted by molar-refractivity contribution is 7.99. The van der Waals surface area contributed by atoms with E-state index in [-0.39, 0.29) is 34.6 Å². The number of esters is 1. The first-order valence-corrected chi connectivity index (χ1v) is 14.0. The van der Waals surface area contributed by atoms with E-state index in [1.807, 2.05) is 43.3 Å². The molecule has 5 rings (SSSR count). The number of ether oxygens (including phenoxy) is 1. The van der Waals surface area contributed by atoms with Crippen molar-refractivity contribution in [1.29, 1.82) is 0 Å². The van der Waals surface area contributed by atoms with Gasteiger partial charge in [0.1, 0.15) is 5.82 Å². The zero-order valence-electron chi connectivity index (χ0n) is 21.8. The minimum absolute atomic E-state index is 0.00285. The molecule has 0 bridgehead atoms. The lowest BCUT2D eigenvalue weighted by atomic mass is 10.0. The maximum atomic E-state index is 13.3. The number of amides is 2. The normalized spacial score (nSPS) is 13.2. The number of ketones is 1. The smallest absolute Gasteiger partial charge is 0.338 e. The Kier molecular flexibility index (Phi) is 8.33. The van der Waals surface area contributed by atoms with Gasteiger partial charge >= 0.3 is 5.97 Å². The van der Waals surface area contributed by atoms with Crippen LogP contribution in [0.1, 0.15) is 53.4 Å². The van der Waals surface area contributed by atoms with Crippen LogP contribution in [0.2, 0.25) is 0 Å². The first-order valence-electron chi connectivity index (χ1n) is 12.7. The molecule has 41 heavy (non-hydrogen) atoms. The number of rotatable bonds is 9. The SMILES string of the molecule is Cc1ccc(Sc2ccc(N3C(=O)c4ccc(C(=O)OC(CCCl)C(=O)c5ccc(F)cc5)cc4C3=O)cc2)cc1. The number of hydrogen-bond donors (Lipinski definition) is 0. The van der Waals surface area contributed by atoms with Gasteiger partial charge in [0.25, 0.3) is 11.8 Å². The third kappa shape index (κ3) is 6.09. The second-order valence-corrected chi connectivity index (χ2v) is 10.9. The van der Waals surface area contributed by atoms with Crippen LogP contribution in [0.3, 0.4) is 0 Å². The molecule has 2 amide bonds. The van der Waals surface area contributed by atoms with Gasteiger partial charge in [0.2, 0.25) is 5.78 Å². The summed E-state index contributed by atoms with van der Waals surface area (Å²) in [5.41, 5.74) is 1.96. The van der Waals surface area contributed by atoms with Crippen LogP contribution in [0, 0.1) is 12.7 Å². The van der Waals surface area contributed by atoms with Crippen molar-refractivity contribution in [2.75, 3.05) is 10.8 Å². The molecule has 0 saturated heterocycles. The van der Waals surface area contributed by atoms with E-state index in [1.165, 1.54) is 35.9 Å². The highest BCUT2D eigenvalue weighted by atomic mass is 35.5. The van der Waals surface area contributed by atoms with Crippen LogP contribution in [0.25, 0.3) is 0 Å². The molecule has 0 aliphatic carbocycles. The summed E-state index contributed by atoms with van der Waals surface area (Å²) in [5, 5.41) is 0. The Morgan fingerprint density at radius 1 is 0.829 bits per heavy atom. The molecule has 4 aromatic rings. The molecule has 1 unspecified atom stereocenters. The minimum atomic E-state index is -1.20. The molecule has 9 heteroatoms. The van der Waals surface area contributed by atoms with E-state index in [4.69, 9.17) is 16.3 Å². The summed E-state index contributed by atoms with van der Waals surface area (Å²) in [6.07, 6.45) is -1.17. The van der Waals surface area contributed by atoms with E-state index in [1.54, 1.807) is 23.9 Å². The quantitative estimate of drug-likeness (QED) is 0.0897. The molecule has 0 N–H and O–H groups in total. The van der Waals surface area contributed by atoms with Crippen LogP contribution in [0.15, 0.2) is 101 Å². The Morgan fingerprint density at radius 2 is 1.41 bits per heavy atom. The number of halogens is 2. The zero-order valence-corrected chi connectivity index (χ0v) is 23.4. The van der Waals surface area contributed by atoms with Crippen molar-refractivity contribution in [3.05, 3.63) is 125 Å². The Hall–Kier alpha value is -4.27. The van der Waals surface area contributed by atoms with Gasteiger partial charge in [-0.15, -0.1) is 11.6 Å². The van der Waals surface area contributed by atoms with Gasteiger partial charge in [-0.25, -0.2) is 14.1 Å². The Labute approximate surface area is 245 Å². The largest absolute Gasteiger partial charge is 0.450 e. The van der Waals surface area contributed by atoms with Crippen molar-refractivity contribution in [2.45, 2.75) is 29.2 Å². The summed E-state index contributed by atoms with van der Waals surface area (Å²) in [6.45, 7) is 2.02. The third-order valence-electron chi connectivity index (χ3n) is 6.52. The molecule has 6 nitrogen and oxygen atoms in total. The fraction of sp³-hybridized carbons (Fsp3) is 0.125. The number of nitrogens with zero attached hydrogens (tertiary/aromatic N) is 1. The lowest BCUT2D eigenvalue weighted by Crippen LogP contribution is -2.29. The summed E-state index contributed by atoms with van der Waals surface area (Å²) in [5.74, 6) is -2.92. The van der Waals surface area contributed by atoms with Crippen molar-refractivity contribution in [1.82, 2.24) is 0 Å². The molecule has 0 spiro atoms. The number of Topliss-reactive ketones (excluding diaryl/α,β-unsaturated/α-hetero) is 1. The number of aryl methyl sites for hydroxylation is 1. The molecule has 4 aromatic carbocycles. The van der Waals surface area contributed by atoms with Crippen molar-refractivity contribution in [3.8, 4) is 0 Å². The first-order chi connectivity index (χ1) is 19.7. The fourth-order valence-corrected chi connectivity index (χ4v) is 5.36. The second kappa shape index (κ2) is 12.1. The van der Waals surface area contributed by atoms with Gasteiger partial charge in [0.15, 0.2) is 6.10 Å². The average molecular weight is 588 g/mol. The Morgan fingerprint density at radius 3 is 2.05 bits per heavy atom. The number of benzene rings is 4. The summed E-state index contributed by atoms with van der Waals surface area (Å²) < 4.78 is 18.7.